The van der Waals surface area contributed by atoms with Crippen LogP contribution < -0.4 is 10.5 Å². The monoisotopic (exact) mass is 287 g/mol. The van der Waals surface area contributed by atoms with Gasteiger partial charge in [-0.25, -0.2) is 13.6 Å². The molecule has 0 amide bonds. The largest absolute Gasteiger partial charge is 0.380 e. The van der Waals surface area contributed by atoms with Crippen LogP contribution >= 0.6 is 0 Å². The maximum Gasteiger partial charge on any atom is 0.240 e. The molecule has 0 saturated carbocycles. The fourth-order valence-electron chi connectivity index (χ4n) is 1.76. The number of primary sulfonamides is 1. The number of hydrogen-bond donors (Lipinski definition) is 2. The molecule has 0 aliphatic rings. The van der Waals surface area contributed by atoms with E-state index in [9.17, 15) is 8.42 Å². The summed E-state index contributed by atoms with van der Waals surface area (Å²) in [5.41, 5.74) is 1.98. The normalized spacial score (nSPS) is 10.8. The molecule has 2 rings (SSSR count). The number of anilines is 1. The van der Waals surface area contributed by atoms with Gasteiger partial charge < -0.3 is 5.32 Å². The molecule has 0 aromatic heterocycles. The maximum atomic E-state index is 11.5. The van der Waals surface area contributed by atoms with Gasteiger partial charge in [-0.2, -0.15) is 5.26 Å². The zero-order valence-electron chi connectivity index (χ0n) is 10.6. The number of nitrogens with two attached hydrogens (primary N) is 1. The van der Waals surface area contributed by atoms with Crippen LogP contribution in [0.5, 0.6) is 0 Å². The van der Waals surface area contributed by atoms with Crippen molar-refractivity contribution in [1.29, 1.82) is 5.26 Å². The van der Waals surface area contributed by atoms with Crippen molar-refractivity contribution in [3.63, 3.8) is 0 Å². The molecule has 20 heavy (non-hydrogen) atoms. The third-order valence-corrected chi connectivity index (χ3v) is 3.73. The summed E-state index contributed by atoms with van der Waals surface area (Å²) in [5, 5.41) is 16.9. The summed E-state index contributed by atoms with van der Waals surface area (Å²) < 4.78 is 22.9. The zero-order valence-corrected chi connectivity index (χ0v) is 11.4. The molecule has 5 nitrogen and oxygen atoms in total. The number of nitriles is 1. The maximum absolute atomic E-state index is 11.5. The van der Waals surface area contributed by atoms with Crippen LogP contribution in [0, 0.1) is 11.3 Å². The number of hydrogen-bond acceptors (Lipinski definition) is 4. The molecule has 0 bridgehead atoms. The Bertz CT molecular complexity index is 747. The topological polar surface area (TPSA) is 96.0 Å². The molecule has 2 aromatic rings. The van der Waals surface area contributed by atoms with Crippen molar-refractivity contribution in [2.45, 2.75) is 11.4 Å². The van der Waals surface area contributed by atoms with Crippen molar-refractivity contribution < 1.29 is 8.42 Å². The highest BCUT2D eigenvalue weighted by molar-refractivity contribution is 7.89. The van der Waals surface area contributed by atoms with E-state index >= 15 is 0 Å². The quantitative estimate of drug-likeness (QED) is 0.896. The number of nitrogens with one attached hydrogen (secondary N) is 1. The molecular weight excluding hydrogens is 274 g/mol. The third-order valence-electron chi connectivity index (χ3n) is 2.76. The Balaban J connectivity index is 2.17. The molecule has 2 aromatic carbocycles. The molecule has 0 saturated heterocycles. The molecule has 0 aliphatic carbocycles. The average molecular weight is 287 g/mol. The first-order valence-corrected chi connectivity index (χ1v) is 7.40. The predicted molar refractivity (Wildman–Crippen MR) is 76.3 cm³/mol. The van der Waals surface area contributed by atoms with Gasteiger partial charge in [0.1, 0.15) is 4.90 Å². The van der Waals surface area contributed by atoms with Crippen LogP contribution in [0.15, 0.2) is 53.4 Å². The summed E-state index contributed by atoms with van der Waals surface area (Å²) in [5.74, 6) is 0. The van der Waals surface area contributed by atoms with Crippen molar-refractivity contribution in [2.24, 2.45) is 5.14 Å². The second kappa shape index (κ2) is 5.74. The van der Waals surface area contributed by atoms with Crippen LogP contribution in [-0.2, 0) is 16.6 Å². The smallest absolute Gasteiger partial charge is 0.240 e. The standard InChI is InChI=1S/C14H13N3O2S/c15-9-11-5-7-12(8-6-11)10-17-13-3-1-2-4-14(13)20(16,18)19/h1-8,17H,10H2,(H2,16,18,19). The Morgan fingerprint density at radius 3 is 2.35 bits per heavy atom. The summed E-state index contributed by atoms with van der Waals surface area (Å²) in [6.45, 7) is 0.443. The Morgan fingerprint density at radius 1 is 1.10 bits per heavy atom. The number of para-hydroxylation sites is 1. The molecule has 0 heterocycles. The van der Waals surface area contributed by atoms with Crippen molar-refractivity contribution >= 4 is 15.7 Å². The molecule has 0 aliphatic heterocycles. The highest BCUT2D eigenvalue weighted by Crippen LogP contribution is 2.20. The van der Waals surface area contributed by atoms with Gasteiger partial charge in [0.15, 0.2) is 0 Å². The SMILES string of the molecule is N#Cc1ccc(CNc2ccccc2S(N)(=O)=O)cc1. The van der Waals surface area contributed by atoms with E-state index in [0.717, 1.165) is 5.56 Å². The number of sulfonamides is 1. The first-order valence-electron chi connectivity index (χ1n) is 5.85. The summed E-state index contributed by atoms with van der Waals surface area (Å²) in [4.78, 5) is 0.0636. The average Bonchev–Trinajstić information content (AvgIpc) is 2.45. The van der Waals surface area contributed by atoms with Gasteiger partial charge in [-0.1, -0.05) is 24.3 Å². The van der Waals surface area contributed by atoms with Crippen molar-refractivity contribution in [2.75, 3.05) is 5.32 Å². The lowest BCUT2D eigenvalue weighted by molar-refractivity contribution is 0.598. The van der Waals surface area contributed by atoms with Crippen LogP contribution in [0.1, 0.15) is 11.1 Å². The van der Waals surface area contributed by atoms with E-state index in [0.29, 0.717) is 17.8 Å². The van der Waals surface area contributed by atoms with Gasteiger partial charge in [-0.05, 0) is 29.8 Å². The number of benzene rings is 2. The van der Waals surface area contributed by atoms with E-state index in [2.05, 4.69) is 5.32 Å². The van der Waals surface area contributed by atoms with Gasteiger partial charge in [0, 0.05) is 6.54 Å². The third kappa shape index (κ3) is 3.35. The molecule has 3 N–H and O–H groups in total. The second-order valence-electron chi connectivity index (χ2n) is 4.20. The van der Waals surface area contributed by atoms with Gasteiger partial charge in [0.05, 0.1) is 17.3 Å². The van der Waals surface area contributed by atoms with E-state index in [1.165, 1.54) is 6.07 Å². The second-order valence-corrected chi connectivity index (χ2v) is 5.73. The minimum Gasteiger partial charge on any atom is -0.380 e. The molecule has 0 spiro atoms. The van der Waals surface area contributed by atoms with E-state index in [1.54, 1.807) is 30.3 Å². The van der Waals surface area contributed by atoms with Crippen molar-refractivity contribution in [3.8, 4) is 6.07 Å². The van der Waals surface area contributed by atoms with Crippen molar-refractivity contribution in [1.82, 2.24) is 0 Å². The van der Waals surface area contributed by atoms with Crippen LogP contribution in [0.25, 0.3) is 0 Å². The Morgan fingerprint density at radius 2 is 1.75 bits per heavy atom. The highest BCUT2D eigenvalue weighted by atomic mass is 32.2. The lowest BCUT2D eigenvalue weighted by Gasteiger charge is -2.10. The van der Waals surface area contributed by atoms with Gasteiger partial charge in [-0.15, -0.1) is 0 Å². The Kier molecular flexibility index (Phi) is 4.03. The fourth-order valence-corrected chi connectivity index (χ4v) is 2.47. The van der Waals surface area contributed by atoms with Crippen LogP contribution in [-0.4, -0.2) is 8.42 Å². The van der Waals surface area contributed by atoms with E-state index < -0.39 is 10.0 Å². The molecule has 0 radical (unpaired) electrons. The molecule has 0 atom stereocenters. The molecule has 102 valence electrons. The van der Waals surface area contributed by atoms with Crippen LogP contribution in [0.2, 0.25) is 0 Å². The summed E-state index contributed by atoms with van der Waals surface area (Å²) in [6, 6.07) is 15.5. The first kappa shape index (κ1) is 14.1. The summed E-state index contributed by atoms with van der Waals surface area (Å²) in [7, 11) is -3.75. The van der Waals surface area contributed by atoms with E-state index in [4.69, 9.17) is 10.4 Å². The van der Waals surface area contributed by atoms with Crippen LogP contribution in [0.3, 0.4) is 0 Å². The Hall–Kier alpha value is -2.36. The highest BCUT2D eigenvalue weighted by Gasteiger charge is 2.12. The molecule has 0 fully saturated rings. The first-order chi connectivity index (χ1) is 9.50. The minimum absolute atomic E-state index is 0.0636. The van der Waals surface area contributed by atoms with Gasteiger partial charge in [0.25, 0.3) is 0 Å². The van der Waals surface area contributed by atoms with Gasteiger partial charge in [0.2, 0.25) is 10.0 Å². The van der Waals surface area contributed by atoms with Crippen LogP contribution in [0.4, 0.5) is 5.69 Å². The van der Waals surface area contributed by atoms with Crippen molar-refractivity contribution in [3.05, 3.63) is 59.7 Å². The summed E-state index contributed by atoms with van der Waals surface area (Å²) >= 11 is 0. The number of nitrogens with zero attached hydrogens (tertiary/aromatic N) is 1. The molecule has 0 unspecified atom stereocenters. The van der Waals surface area contributed by atoms with Gasteiger partial charge in [-0.3, -0.25) is 0 Å². The fraction of sp³-hybridized carbons (Fsp3) is 0.0714. The number of rotatable bonds is 4. The predicted octanol–water partition coefficient (Wildman–Crippen LogP) is 1.82. The lowest BCUT2D eigenvalue weighted by atomic mass is 10.1. The Labute approximate surface area is 117 Å². The zero-order chi connectivity index (χ0) is 14.6. The lowest BCUT2D eigenvalue weighted by Crippen LogP contribution is -2.15. The van der Waals surface area contributed by atoms with E-state index in [-0.39, 0.29) is 4.90 Å². The van der Waals surface area contributed by atoms with Gasteiger partial charge >= 0.3 is 0 Å². The van der Waals surface area contributed by atoms with E-state index in [1.807, 2.05) is 18.2 Å². The minimum atomic E-state index is -3.75. The summed E-state index contributed by atoms with van der Waals surface area (Å²) in [6.07, 6.45) is 0. The molecular formula is C14H13N3O2S. The molecule has 6 heteroatoms.